The highest BCUT2D eigenvalue weighted by molar-refractivity contribution is 6.17. The molecule has 0 radical (unpaired) electrons. The summed E-state index contributed by atoms with van der Waals surface area (Å²) in [4.78, 5) is 17.4. The van der Waals surface area contributed by atoms with E-state index in [4.69, 9.17) is 21.3 Å². The van der Waals surface area contributed by atoms with Crippen molar-refractivity contribution in [2.24, 2.45) is 12.5 Å². The monoisotopic (exact) mass is 386 g/mol. The van der Waals surface area contributed by atoms with Crippen molar-refractivity contribution in [1.29, 1.82) is 0 Å². The van der Waals surface area contributed by atoms with Crippen LogP contribution in [-0.4, -0.2) is 33.1 Å². The van der Waals surface area contributed by atoms with Gasteiger partial charge in [-0.1, -0.05) is 17.3 Å². The lowest BCUT2D eigenvalue weighted by Gasteiger charge is -2.32. The Morgan fingerprint density at radius 1 is 1.30 bits per heavy atom. The second-order valence-corrected chi connectivity index (χ2v) is 7.51. The van der Waals surface area contributed by atoms with Gasteiger partial charge in [0.05, 0.1) is 29.6 Å². The summed E-state index contributed by atoms with van der Waals surface area (Å²) in [6, 6.07) is 9.84. The van der Waals surface area contributed by atoms with Crippen molar-refractivity contribution in [3.05, 3.63) is 52.8 Å². The molecule has 2 heterocycles. The van der Waals surface area contributed by atoms with Crippen LogP contribution in [0.15, 0.2) is 30.3 Å². The molecule has 0 saturated heterocycles. The van der Waals surface area contributed by atoms with Gasteiger partial charge in [-0.15, -0.1) is 16.7 Å². The zero-order valence-corrected chi connectivity index (χ0v) is 16.9. The number of carbonyl (C=O) groups is 1. The number of ether oxygens (including phenoxy) is 1. The molecule has 3 aromatic rings. The molecule has 142 valence electrons. The average molecular weight is 387 g/mol. The molecule has 2 aromatic heterocycles. The third-order valence-electron chi connectivity index (χ3n) is 5.05. The molecule has 0 bridgehead atoms. The minimum atomic E-state index is -0.837. The quantitative estimate of drug-likeness (QED) is 0.493. The fourth-order valence-corrected chi connectivity index (χ4v) is 3.73. The van der Waals surface area contributed by atoms with Crippen molar-refractivity contribution in [3.8, 4) is 0 Å². The number of hydrogen-bond acceptors (Lipinski definition) is 5. The van der Waals surface area contributed by atoms with E-state index in [0.717, 1.165) is 33.5 Å². The molecule has 0 aliphatic heterocycles. The predicted molar refractivity (Wildman–Crippen MR) is 105 cm³/mol. The number of esters is 1. The zero-order chi connectivity index (χ0) is 19.8. The van der Waals surface area contributed by atoms with Gasteiger partial charge in [0, 0.05) is 18.7 Å². The van der Waals surface area contributed by atoms with Crippen LogP contribution >= 0.6 is 11.6 Å². The summed E-state index contributed by atoms with van der Waals surface area (Å²) in [5.74, 6) is -0.311. The lowest BCUT2D eigenvalue weighted by molar-refractivity contribution is -0.151. The van der Waals surface area contributed by atoms with E-state index in [1.807, 2.05) is 58.2 Å². The van der Waals surface area contributed by atoms with Crippen LogP contribution in [0.4, 0.5) is 0 Å². The van der Waals surface area contributed by atoms with Crippen LogP contribution in [0.1, 0.15) is 42.3 Å². The molecular formula is C20H23ClN4O2. The summed E-state index contributed by atoms with van der Waals surface area (Å²) in [5.41, 5.74) is 4.38. The Kier molecular flexibility index (Phi) is 5.20. The van der Waals surface area contributed by atoms with Gasteiger partial charge in [0.2, 0.25) is 0 Å². The molecule has 27 heavy (non-hydrogen) atoms. The van der Waals surface area contributed by atoms with Gasteiger partial charge >= 0.3 is 5.97 Å². The SMILES string of the molecule is COC(=O)C(C)(C)C(c1ccc2c(c1)nnn2C)c1ccc(C)c(CCl)n1. The average Bonchev–Trinajstić information content (AvgIpc) is 3.02. The maximum Gasteiger partial charge on any atom is 0.312 e. The van der Waals surface area contributed by atoms with Crippen LogP contribution in [0.2, 0.25) is 0 Å². The number of hydrogen-bond donors (Lipinski definition) is 0. The number of halogens is 1. The maximum atomic E-state index is 12.6. The van der Waals surface area contributed by atoms with E-state index in [-0.39, 0.29) is 11.9 Å². The minimum Gasteiger partial charge on any atom is -0.469 e. The van der Waals surface area contributed by atoms with Crippen LogP contribution in [0.5, 0.6) is 0 Å². The van der Waals surface area contributed by atoms with Crippen LogP contribution in [-0.2, 0) is 22.5 Å². The largest absolute Gasteiger partial charge is 0.469 e. The molecule has 1 aromatic carbocycles. The van der Waals surface area contributed by atoms with Crippen molar-refractivity contribution < 1.29 is 9.53 Å². The first-order chi connectivity index (χ1) is 12.8. The Labute approximate surface area is 163 Å². The molecule has 3 rings (SSSR count). The fraction of sp³-hybridized carbons (Fsp3) is 0.400. The van der Waals surface area contributed by atoms with E-state index in [2.05, 4.69) is 10.3 Å². The van der Waals surface area contributed by atoms with Crippen LogP contribution in [0, 0.1) is 12.3 Å². The van der Waals surface area contributed by atoms with Gasteiger partial charge in [0.25, 0.3) is 0 Å². The summed E-state index contributed by atoms with van der Waals surface area (Å²) >= 11 is 6.06. The molecule has 0 spiro atoms. The Morgan fingerprint density at radius 2 is 2.04 bits per heavy atom. The number of benzene rings is 1. The topological polar surface area (TPSA) is 69.9 Å². The van der Waals surface area contributed by atoms with Crippen LogP contribution < -0.4 is 0 Å². The van der Waals surface area contributed by atoms with Gasteiger partial charge in [-0.25, -0.2) is 4.68 Å². The van der Waals surface area contributed by atoms with Crippen LogP contribution in [0.3, 0.4) is 0 Å². The molecule has 1 unspecified atom stereocenters. The number of pyridine rings is 1. The van der Waals surface area contributed by atoms with Gasteiger partial charge in [-0.3, -0.25) is 9.78 Å². The van der Waals surface area contributed by atoms with E-state index in [9.17, 15) is 4.79 Å². The van der Waals surface area contributed by atoms with Crippen molar-refractivity contribution in [2.75, 3.05) is 7.11 Å². The minimum absolute atomic E-state index is 0.304. The summed E-state index contributed by atoms with van der Waals surface area (Å²) in [6.07, 6.45) is 0. The van der Waals surface area contributed by atoms with Crippen LogP contribution in [0.25, 0.3) is 11.0 Å². The lowest BCUT2D eigenvalue weighted by Crippen LogP contribution is -2.34. The second-order valence-electron chi connectivity index (χ2n) is 7.24. The van der Waals surface area contributed by atoms with Crippen molar-refractivity contribution in [3.63, 3.8) is 0 Å². The van der Waals surface area contributed by atoms with E-state index < -0.39 is 5.41 Å². The molecule has 0 fully saturated rings. The first kappa shape index (κ1) is 19.3. The third kappa shape index (κ3) is 3.41. The number of methoxy groups -OCH3 is 1. The molecule has 0 aliphatic carbocycles. The number of aromatic nitrogens is 4. The van der Waals surface area contributed by atoms with Gasteiger partial charge < -0.3 is 4.74 Å². The summed E-state index contributed by atoms with van der Waals surface area (Å²) in [7, 11) is 3.25. The van der Waals surface area contributed by atoms with Gasteiger partial charge in [-0.05, 0) is 50.1 Å². The smallest absolute Gasteiger partial charge is 0.312 e. The highest BCUT2D eigenvalue weighted by Gasteiger charge is 2.41. The number of rotatable bonds is 5. The Bertz CT molecular complexity index is 997. The first-order valence-electron chi connectivity index (χ1n) is 8.69. The van der Waals surface area contributed by atoms with E-state index in [0.29, 0.717) is 5.88 Å². The van der Waals surface area contributed by atoms with Gasteiger partial charge in [-0.2, -0.15) is 0 Å². The van der Waals surface area contributed by atoms with Crippen molar-refractivity contribution in [2.45, 2.75) is 32.6 Å². The standard InChI is InChI=1S/C20H23ClN4O2/c1-12-6-8-14(22-16(12)11-21)18(20(2,3)19(26)27-5)13-7-9-17-15(10-13)23-24-25(17)4/h6-10,18H,11H2,1-5H3. The maximum absolute atomic E-state index is 12.6. The molecule has 0 aliphatic rings. The van der Waals surface area contributed by atoms with Gasteiger partial charge in [0.1, 0.15) is 5.52 Å². The second kappa shape index (κ2) is 7.27. The highest BCUT2D eigenvalue weighted by atomic mass is 35.5. The lowest BCUT2D eigenvalue weighted by atomic mass is 9.72. The van der Waals surface area contributed by atoms with Crippen molar-refractivity contribution >= 4 is 28.6 Å². The summed E-state index contributed by atoms with van der Waals surface area (Å²) < 4.78 is 6.80. The summed E-state index contributed by atoms with van der Waals surface area (Å²) in [6.45, 7) is 5.71. The normalized spacial score (nSPS) is 13.0. The predicted octanol–water partition coefficient (Wildman–Crippen LogP) is 3.74. The number of nitrogens with zero attached hydrogens (tertiary/aromatic N) is 4. The number of alkyl halides is 1. The molecule has 7 heteroatoms. The molecular weight excluding hydrogens is 364 g/mol. The van der Waals surface area contributed by atoms with E-state index in [1.165, 1.54) is 7.11 Å². The number of aryl methyl sites for hydroxylation is 2. The Morgan fingerprint density at radius 3 is 2.70 bits per heavy atom. The van der Waals surface area contributed by atoms with Crippen molar-refractivity contribution in [1.82, 2.24) is 20.0 Å². The molecule has 0 saturated carbocycles. The first-order valence-corrected chi connectivity index (χ1v) is 9.23. The fourth-order valence-electron chi connectivity index (χ4n) is 3.46. The van der Waals surface area contributed by atoms with Gasteiger partial charge in [0.15, 0.2) is 0 Å². The van der Waals surface area contributed by atoms with E-state index >= 15 is 0 Å². The zero-order valence-electron chi connectivity index (χ0n) is 16.2. The molecule has 6 nitrogen and oxygen atoms in total. The third-order valence-corrected chi connectivity index (χ3v) is 5.30. The highest BCUT2D eigenvalue weighted by Crippen LogP contribution is 2.42. The number of carbonyl (C=O) groups excluding carboxylic acids is 1. The van der Waals surface area contributed by atoms with E-state index in [1.54, 1.807) is 4.68 Å². The molecule has 0 N–H and O–H groups in total. The number of fused-ring (bicyclic) bond motifs is 1. The molecule has 0 amide bonds. The Balaban J connectivity index is 2.21. The Hall–Kier alpha value is -2.47. The summed E-state index contributed by atoms with van der Waals surface area (Å²) in [5, 5.41) is 8.27. The molecule has 1 atom stereocenters.